The van der Waals surface area contributed by atoms with Gasteiger partial charge in [-0.25, -0.2) is 0 Å². The molecular formula is C9H10N2O2. The molecule has 13 heavy (non-hydrogen) atoms. The maximum absolute atomic E-state index is 11.5. The van der Waals surface area contributed by atoms with Gasteiger partial charge in [0.05, 0.1) is 5.56 Å². The normalized spacial score (nSPS) is 9.38. The molecule has 1 amide bonds. The summed E-state index contributed by atoms with van der Waals surface area (Å²) in [6.07, 6.45) is 3.50. The van der Waals surface area contributed by atoms with E-state index in [1.165, 1.54) is 23.4 Å². The van der Waals surface area contributed by atoms with Crippen molar-refractivity contribution in [2.24, 2.45) is 0 Å². The molecule has 0 radical (unpaired) electrons. The summed E-state index contributed by atoms with van der Waals surface area (Å²) in [5.41, 5.74) is 0.705. The molecule has 0 aliphatic rings. The van der Waals surface area contributed by atoms with Gasteiger partial charge in [-0.3, -0.25) is 14.6 Å². The van der Waals surface area contributed by atoms with E-state index in [-0.39, 0.29) is 5.91 Å². The van der Waals surface area contributed by atoms with Gasteiger partial charge in [-0.05, 0) is 6.07 Å². The van der Waals surface area contributed by atoms with E-state index in [4.69, 9.17) is 0 Å². The summed E-state index contributed by atoms with van der Waals surface area (Å²) in [6.45, 7) is 0. The molecule has 4 heteroatoms. The van der Waals surface area contributed by atoms with Crippen molar-refractivity contribution in [3.8, 4) is 0 Å². The second kappa shape index (κ2) is 3.80. The highest BCUT2D eigenvalue weighted by Gasteiger charge is 2.11. The molecule has 1 heterocycles. The van der Waals surface area contributed by atoms with Crippen molar-refractivity contribution in [3.63, 3.8) is 0 Å². The zero-order chi connectivity index (χ0) is 9.84. The van der Waals surface area contributed by atoms with Gasteiger partial charge in [-0.2, -0.15) is 0 Å². The maximum atomic E-state index is 11.5. The summed E-state index contributed by atoms with van der Waals surface area (Å²) in [5, 5.41) is 0. The Morgan fingerprint density at radius 2 is 2.23 bits per heavy atom. The van der Waals surface area contributed by atoms with Gasteiger partial charge in [-0.1, -0.05) is 0 Å². The van der Waals surface area contributed by atoms with E-state index in [1.54, 1.807) is 14.1 Å². The first kappa shape index (κ1) is 9.38. The van der Waals surface area contributed by atoms with Gasteiger partial charge in [0.2, 0.25) is 0 Å². The predicted octanol–water partition coefficient (Wildman–Crippen LogP) is 0.596. The average molecular weight is 178 g/mol. The third kappa shape index (κ3) is 1.90. The molecule has 68 valence electrons. The minimum Gasteiger partial charge on any atom is -0.345 e. The zero-order valence-electron chi connectivity index (χ0n) is 7.52. The van der Waals surface area contributed by atoms with Gasteiger partial charge >= 0.3 is 0 Å². The number of hydrogen-bond donors (Lipinski definition) is 0. The maximum Gasteiger partial charge on any atom is 0.254 e. The highest BCUT2D eigenvalue weighted by Crippen LogP contribution is 2.06. The molecule has 0 saturated heterocycles. The highest BCUT2D eigenvalue weighted by molar-refractivity contribution is 6.00. The van der Waals surface area contributed by atoms with Crippen LogP contribution in [0.5, 0.6) is 0 Å². The number of aldehydes is 1. The number of rotatable bonds is 2. The smallest absolute Gasteiger partial charge is 0.254 e. The predicted molar refractivity (Wildman–Crippen MR) is 47.6 cm³/mol. The summed E-state index contributed by atoms with van der Waals surface area (Å²) < 4.78 is 0. The SMILES string of the molecule is CN(C)C(=O)c1ccncc1C=O. The molecule has 0 aliphatic heterocycles. The summed E-state index contributed by atoms with van der Waals surface area (Å²) in [4.78, 5) is 27.2. The van der Waals surface area contributed by atoms with E-state index in [0.29, 0.717) is 17.4 Å². The Morgan fingerprint density at radius 1 is 1.54 bits per heavy atom. The summed E-state index contributed by atoms with van der Waals surface area (Å²) in [6, 6.07) is 1.53. The van der Waals surface area contributed by atoms with Crippen LogP contribution < -0.4 is 0 Å². The number of aromatic nitrogens is 1. The molecule has 0 unspecified atom stereocenters. The van der Waals surface area contributed by atoms with Gasteiger partial charge in [0, 0.05) is 32.1 Å². The minimum atomic E-state index is -0.190. The lowest BCUT2D eigenvalue weighted by Gasteiger charge is -2.10. The fraction of sp³-hybridized carbons (Fsp3) is 0.222. The van der Waals surface area contributed by atoms with Crippen LogP contribution in [0.1, 0.15) is 20.7 Å². The Labute approximate surface area is 76.2 Å². The topological polar surface area (TPSA) is 50.3 Å². The molecule has 0 spiro atoms. The fourth-order valence-electron chi connectivity index (χ4n) is 0.936. The van der Waals surface area contributed by atoms with Crippen LogP contribution in [0.25, 0.3) is 0 Å². The molecule has 0 aromatic carbocycles. The van der Waals surface area contributed by atoms with Crippen molar-refractivity contribution in [2.75, 3.05) is 14.1 Å². The number of hydrogen-bond acceptors (Lipinski definition) is 3. The van der Waals surface area contributed by atoms with Crippen molar-refractivity contribution in [1.29, 1.82) is 0 Å². The molecule has 0 aliphatic carbocycles. The minimum absolute atomic E-state index is 0.190. The van der Waals surface area contributed by atoms with Crippen LogP contribution in [0.15, 0.2) is 18.5 Å². The molecular weight excluding hydrogens is 168 g/mol. The summed E-state index contributed by atoms with van der Waals surface area (Å²) in [5.74, 6) is -0.190. The van der Waals surface area contributed by atoms with E-state index in [0.717, 1.165) is 0 Å². The van der Waals surface area contributed by atoms with Crippen LogP contribution in [0, 0.1) is 0 Å². The first-order valence-corrected chi connectivity index (χ1v) is 3.77. The van der Waals surface area contributed by atoms with Crippen LogP contribution in [0.2, 0.25) is 0 Å². The summed E-state index contributed by atoms with van der Waals surface area (Å²) >= 11 is 0. The molecule has 0 N–H and O–H groups in total. The zero-order valence-corrected chi connectivity index (χ0v) is 7.52. The second-order valence-corrected chi connectivity index (χ2v) is 2.78. The van der Waals surface area contributed by atoms with Crippen molar-refractivity contribution in [2.45, 2.75) is 0 Å². The molecule has 0 atom stereocenters. The van der Waals surface area contributed by atoms with E-state index in [1.807, 2.05) is 0 Å². The lowest BCUT2D eigenvalue weighted by Crippen LogP contribution is -2.23. The third-order valence-corrected chi connectivity index (χ3v) is 1.62. The molecule has 1 rings (SSSR count). The lowest BCUT2D eigenvalue weighted by atomic mass is 10.1. The largest absolute Gasteiger partial charge is 0.345 e. The number of pyridine rings is 1. The first-order chi connectivity index (χ1) is 6.16. The molecule has 4 nitrogen and oxygen atoms in total. The average Bonchev–Trinajstić information content (AvgIpc) is 2.16. The second-order valence-electron chi connectivity index (χ2n) is 2.78. The van der Waals surface area contributed by atoms with Crippen molar-refractivity contribution >= 4 is 12.2 Å². The van der Waals surface area contributed by atoms with E-state index < -0.39 is 0 Å². The quantitative estimate of drug-likeness (QED) is 0.623. The van der Waals surface area contributed by atoms with Crippen molar-refractivity contribution < 1.29 is 9.59 Å². The van der Waals surface area contributed by atoms with Crippen molar-refractivity contribution in [3.05, 3.63) is 29.6 Å². The van der Waals surface area contributed by atoms with Crippen LogP contribution in [-0.2, 0) is 0 Å². The lowest BCUT2D eigenvalue weighted by molar-refractivity contribution is 0.0824. The Bertz CT molecular complexity index is 334. The molecule has 0 bridgehead atoms. The fourth-order valence-corrected chi connectivity index (χ4v) is 0.936. The molecule has 0 fully saturated rings. The molecule has 1 aromatic rings. The number of nitrogens with zero attached hydrogens (tertiary/aromatic N) is 2. The number of amides is 1. The van der Waals surface area contributed by atoms with Gasteiger partial charge < -0.3 is 4.90 Å². The number of carbonyl (C=O) groups is 2. The van der Waals surface area contributed by atoms with Gasteiger partial charge in [0.25, 0.3) is 5.91 Å². The standard InChI is InChI=1S/C9H10N2O2/c1-11(2)9(13)8-3-4-10-5-7(8)6-12/h3-6H,1-2H3. The first-order valence-electron chi connectivity index (χ1n) is 3.77. The Balaban J connectivity index is 3.13. The van der Waals surface area contributed by atoms with E-state index in [9.17, 15) is 9.59 Å². The third-order valence-electron chi connectivity index (χ3n) is 1.62. The van der Waals surface area contributed by atoms with Crippen molar-refractivity contribution in [1.82, 2.24) is 9.88 Å². The highest BCUT2D eigenvalue weighted by atomic mass is 16.2. The van der Waals surface area contributed by atoms with Crippen LogP contribution in [0.3, 0.4) is 0 Å². The van der Waals surface area contributed by atoms with Gasteiger partial charge in [-0.15, -0.1) is 0 Å². The molecule has 1 aromatic heterocycles. The molecule has 0 saturated carbocycles. The van der Waals surface area contributed by atoms with E-state index >= 15 is 0 Å². The van der Waals surface area contributed by atoms with Gasteiger partial charge in [0.1, 0.15) is 0 Å². The van der Waals surface area contributed by atoms with Gasteiger partial charge in [0.15, 0.2) is 6.29 Å². The van der Waals surface area contributed by atoms with Crippen LogP contribution >= 0.6 is 0 Å². The summed E-state index contributed by atoms with van der Waals surface area (Å²) in [7, 11) is 3.27. The van der Waals surface area contributed by atoms with E-state index in [2.05, 4.69) is 4.98 Å². The van der Waals surface area contributed by atoms with Crippen LogP contribution in [0.4, 0.5) is 0 Å². The Kier molecular flexibility index (Phi) is 2.74. The van der Waals surface area contributed by atoms with Crippen LogP contribution in [-0.4, -0.2) is 36.2 Å². The Morgan fingerprint density at radius 3 is 2.77 bits per heavy atom. The number of carbonyl (C=O) groups excluding carboxylic acids is 2. The monoisotopic (exact) mass is 178 g/mol. The Hall–Kier alpha value is -1.71.